The highest BCUT2D eigenvalue weighted by Crippen LogP contribution is 2.23. The molecule has 284 valence electrons. The van der Waals surface area contributed by atoms with Crippen LogP contribution in [0.15, 0.2) is 24.3 Å². The number of nitrogens with one attached hydrogen (secondary N) is 1. The van der Waals surface area contributed by atoms with Gasteiger partial charge in [0.25, 0.3) is 0 Å². The molecule has 0 aliphatic carbocycles. The number of ether oxygens (including phenoxy) is 2. The minimum Gasteiger partial charge on any atom is -0.394 e. The van der Waals surface area contributed by atoms with Crippen molar-refractivity contribution < 1.29 is 49.3 Å². The molecule has 1 fully saturated rings. The summed E-state index contributed by atoms with van der Waals surface area (Å²) in [6.45, 7) is 1.27. The molecule has 1 aliphatic rings. The number of unbranched alkanes of at least 4 members (excludes halogenated alkanes) is 15. The molecule has 0 radical (unpaired) electrons. The van der Waals surface area contributed by atoms with Gasteiger partial charge in [0.2, 0.25) is 5.91 Å². The molecule has 11 heteroatoms. The Morgan fingerprint density at radius 3 is 1.94 bits per heavy atom. The average molecular weight is 700 g/mol. The van der Waals surface area contributed by atoms with Crippen molar-refractivity contribution in [1.82, 2.24) is 5.32 Å². The van der Waals surface area contributed by atoms with Gasteiger partial charge in [-0.15, -0.1) is 0 Å². The average Bonchev–Trinajstić information content (AvgIpc) is 3.10. The Morgan fingerprint density at radius 2 is 1.35 bits per heavy atom. The van der Waals surface area contributed by atoms with Gasteiger partial charge in [0, 0.05) is 6.42 Å². The molecule has 1 heterocycles. The standard InChI is InChI=1S/C38H66FNO9/c1-2-3-4-5-6-7-8-9-10-11-14-17-20-31(42)34(44)30(27-48-38-37(47)36(46)35(45)32(26-41)49-38)40-33(43)21-18-15-12-13-16-19-28-22-24-29(39)25-23-28/h22-25,30-32,34-38,41-42,44-47H,2-21,26-27H2,1H3,(H,40,43)/t30-,31+,32?,34-,35-,36?,37-,38-/m0/s1. The van der Waals surface area contributed by atoms with Gasteiger partial charge in [-0.1, -0.05) is 115 Å². The molecule has 8 atom stereocenters. The Morgan fingerprint density at radius 1 is 0.796 bits per heavy atom. The third kappa shape index (κ3) is 17.9. The number of hydrogen-bond donors (Lipinski definition) is 7. The lowest BCUT2D eigenvalue weighted by atomic mass is 9.98. The fourth-order valence-corrected chi connectivity index (χ4v) is 6.34. The molecule has 0 spiro atoms. The second-order valence-corrected chi connectivity index (χ2v) is 13.8. The molecule has 49 heavy (non-hydrogen) atoms. The maximum Gasteiger partial charge on any atom is 0.220 e. The summed E-state index contributed by atoms with van der Waals surface area (Å²) in [5, 5.41) is 64.7. The Kier molecular flexibility index (Phi) is 23.2. The van der Waals surface area contributed by atoms with E-state index in [2.05, 4.69) is 12.2 Å². The lowest BCUT2D eigenvalue weighted by Crippen LogP contribution is -2.60. The molecular formula is C38H66FNO9. The summed E-state index contributed by atoms with van der Waals surface area (Å²) in [6.07, 6.45) is 10.1. The SMILES string of the molecule is CCCCCCCCCCCCCC[C@@H](O)[C@@H](O)[C@H](CO[C@H]1OC(CO)[C@H](O)C(O)[C@@H]1O)NC(=O)CCCCCCCc1ccc(F)cc1. The van der Waals surface area contributed by atoms with Crippen LogP contribution < -0.4 is 5.32 Å². The zero-order chi connectivity index (χ0) is 35.9. The Hall–Kier alpha value is -1.70. The normalized spacial score (nSPS) is 22.9. The predicted octanol–water partition coefficient (Wildman–Crippen LogP) is 4.82. The summed E-state index contributed by atoms with van der Waals surface area (Å²) in [5.74, 6) is -0.559. The molecule has 1 saturated heterocycles. The minimum atomic E-state index is -1.62. The first-order chi connectivity index (χ1) is 23.7. The van der Waals surface area contributed by atoms with Crippen molar-refractivity contribution in [2.45, 2.75) is 184 Å². The van der Waals surface area contributed by atoms with Gasteiger partial charge in [-0.25, -0.2) is 4.39 Å². The zero-order valence-corrected chi connectivity index (χ0v) is 29.8. The van der Waals surface area contributed by atoms with Crippen LogP contribution in [0.3, 0.4) is 0 Å². The smallest absolute Gasteiger partial charge is 0.220 e. The van der Waals surface area contributed by atoms with Crippen LogP contribution in [0.25, 0.3) is 0 Å². The van der Waals surface area contributed by atoms with Crippen molar-refractivity contribution in [3.8, 4) is 0 Å². The van der Waals surface area contributed by atoms with E-state index < -0.39 is 55.6 Å². The number of rotatable bonds is 28. The maximum absolute atomic E-state index is 13.1. The molecule has 1 aromatic rings. The number of aliphatic hydroxyl groups excluding tert-OH is 6. The van der Waals surface area contributed by atoms with E-state index in [0.717, 1.165) is 63.4 Å². The van der Waals surface area contributed by atoms with E-state index in [1.807, 2.05) is 0 Å². The Balaban J connectivity index is 1.77. The summed E-state index contributed by atoms with van der Waals surface area (Å²) >= 11 is 0. The van der Waals surface area contributed by atoms with Gasteiger partial charge in [0.05, 0.1) is 25.4 Å². The van der Waals surface area contributed by atoms with Crippen LogP contribution >= 0.6 is 0 Å². The van der Waals surface area contributed by atoms with E-state index in [-0.39, 0.29) is 24.8 Å². The number of carbonyl (C=O) groups is 1. The van der Waals surface area contributed by atoms with Gasteiger partial charge in [-0.3, -0.25) is 4.79 Å². The second-order valence-electron chi connectivity index (χ2n) is 13.8. The first-order valence-electron chi connectivity index (χ1n) is 19.0. The van der Waals surface area contributed by atoms with Crippen LogP contribution in [0.5, 0.6) is 0 Å². The molecule has 10 nitrogen and oxygen atoms in total. The zero-order valence-electron chi connectivity index (χ0n) is 29.8. The summed E-state index contributed by atoms with van der Waals surface area (Å²) in [4.78, 5) is 12.9. The first kappa shape index (κ1) is 43.5. The topological polar surface area (TPSA) is 169 Å². The largest absolute Gasteiger partial charge is 0.394 e. The van der Waals surface area contributed by atoms with Crippen molar-refractivity contribution >= 4 is 5.91 Å². The number of benzene rings is 1. The van der Waals surface area contributed by atoms with Crippen molar-refractivity contribution in [3.63, 3.8) is 0 Å². The van der Waals surface area contributed by atoms with Gasteiger partial charge in [0.15, 0.2) is 6.29 Å². The number of amides is 1. The molecular weight excluding hydrogens is 633 g/mol. The number of carbonyl (C=O) groups excluding carboxylic acids is 1. The molecule has 2 rings (SSSR count). The molecule has 0 aromatic heterocycles. The predicted molar refractivity (Wildman–Crippen MR) is 187 cm³/mol. The van der Waals surface area contributed by atoms with Crippen LogP contribution in [0.4, 0.5) is 4.39 Å². The lowest BCUT2D eigenvalue weighted by molar-refractivity contribution is -0.303. The number of aryl methyl sites for hydroxylation is 1. The monoisotopic (exact) mass is 699 g/mol. The fourth-order valence-electron chi connectivity index (χ4n) is 6.34. The highest BCUT2D eigenvalue weighted by molar-refractivity contribution is 5.76. The van der Waals surface area contributed by atoms with Crippen LogP contribution in [0, 0.1) is 5.82 Å². The van der Waals surface area contributed by atoms with Gasteiger partial charge >= 0.3 is 0 Å². The van der Waals surface area contributed by atoms with Crippen molar-refractivity contribution in [2.24, 2.45) is 0 Å². The first-order valence-corrected chi connectivity index (χ1v) is 19.0. The van der Waals surface area contributed by atoms with Crippen LogP contribution in [0.1, 0.15) is 134 Å². The van der Waals surface area contributed by atoms with Crippen molar-refractivity contribution in [1.29, 1.82) is 0 Å². The van der Waals surface area contributed by atoms with Gasteiger partial charge in [0.1, 0.15) is 36.3 Å². The number of hydrogen-bond acceptors (Lipinski definition) is 9. The van der Waals surface area contributed by atoms with E-state index >= 15 is 0 Å². The quantitative estimate of drug-likeness (QED) is 0.0607. The number of aliphatic hydroxyl groups is 6. The molecule has 0 saturated carbocycles. The van der Waals surface area contributed by atoms with E-state index in [1.54, 1.807) is 12.1 Å². The molecule has 1 aromatic carbocycles. The maximum atomic E-state index is 13.1. The van der Waals surface area contributed by atoms with Crippen LogP contribution in [-0.2, 0) is 20.7 Å². The molecule has 7 N–H and O–H groups in total. The molecule has 1 amide bonds. The van der Waals surface area contributed by atoms with Crippen LogP contribution in [0.2, 0.25) is 0 Å². The van der Waals surface area contributed by atoms with Crippen LogP contribution in [-0.4, -0.2) is 98.7 Å². The minimum absolute atomic E-state index is 0.218. The summed E-state index contributed by atoms with van der Waals surface area (Å²) in [5.41, 5.74) is 1.09. The van der Waals surface area contributed by atoms with E-state index in [1.165, 1.54) is 63.5 Å². The van der Waals surface area contributed by atoms with Gasteiger partial charge in [-0.2, -0.15) is 0 Å². The summed E-state index contributed by atoms with van der Waals surface area (Å²) in [7, 11) is 0. The third-order valence-electron chi connectivity index (χ3n) is 9.58. The van der Waals surface area contributed by atoms with E-state index in [4.69, 9.17) is 9.47 Å². The van der Waals surface area contributed by atoms with Crippen molar-refractivity contribution in [3.05, 3.63) is 35.6 Å². The molecule has 1 aliphatic heterocycles. The molecule has 2 unspecified atom stereocenters. The number of halogens is 1. The summed E-state index contributed by atoms with van der Waals surface area (Å²) < 4.78 is 24.1. The Labute approximate surface area is 293 Å². The van der Waals surface area contributed by atoms with Gasteiger partial charge < -0.3 is 45.4 Å². The molecule has 0 bridgehead atoms. The highest BCUT2D eigenvalue weighted by atomic mass is 19.1. The lowest BCUT2D eigenvalue weighted by Gasteiger charge is -2.40. The van der Waals surface area contributed by atoms with Crippen molar-refractivity contribution in [2.75, 3.05) is 13.2 Å². The fraction of sp³-hybridized carbons (Fsp3) is 0.816. The van der Waals surface area contributed by atoms with E-state index in [0.29, 0.717) is 12.8 Å². The van der Waals surface area contributed by atoms with E-state index in [9.17, 15) is 39.8 Å². The second kappa shape index (κ2) is 26.1. The Bertz CT molecular complexity index is 969. The highest BCUT2D eigenvalue weighted by Gasteiger charge is 2.44. The third-order valence-corrected chi connectivity index (χ3v) is 9.58. The van der Waals surface area contributed by atoms with Gasteiger partial charge in [-0.05, 0) is 43.4 Å². The summed E-state index contributed by atoms with van der Waals surface area (Å²) in [6, 6.07) is 5.49.